The Hall–Kier alpha value is -1.85. The summed E-state index contributed by atoms with van der Waals surface area (Å²) in [6.45, 7) is 0.926. The van der Waals surface area contributed by atoms with E-state index in [-0.39, 0.29) is 11.8 Å². The molecule has 21 heavy (non-hydrogen) atoms. The Bertz CT molecular complexity index is 672. The van der Waals surface area contributed by atoms with Crippen molar-refractivity contribution in [3.63, 3.8) is 0 Å². The van der Waals surface area contributed by atoms with Crippen molar-refractivity contribution in [2.75, 3.05) is 13.1 Å². The van der Waals surface area contributed by atoms with E-state index in [2.05, 4.69) is 5.32 Å². The maximum Gasteiger partial charge on any atom is 0.264 e. The lowest BCUT2D eigenvalue weighted by Crippen LogP contribution is -2.52. The second-order valence-corrected chi connectivity index (χ2v) is 6.05. The van der Waals surface area contributed by atoms with Gasteiger partial charge < -0.3 is 10.2 Å². The minimum Gasteiger partial charge on any atom is -0.352 e. The minimum atomic E-state index is -0.679. The number of hydrogen-bond acceptors (Lipinski definition) is 3. The predicted molar refractivity (Wildman–Crippen MR) is 82.6 cm³/mol. The maximum atomic E-state index is 12.6. The molecule has 3 rings (SSSR count). The van der Waals surface area contributed by atoms with Gasteiger partial charge in [0, 0.05) is 23.7 Å². The van der Waals surface area contributed by atoms with E-state index in [1.54, 1.807) is 29.2 Å². The molecule has 1 fully saturated rings. The molecule has 1 aliphatic rings. The molecule has 2 aromatic rings. The van der Waals surface area contributed by atoms with E-state index >= 15 is 0 Å². The summed E-state index contributed by atoms with van der Waals surface area (Å²) in [5.41, 5.74) is 0.654. The summed E-state index contributed by atoms with van der Waals surface area (Å²) in [6, 6.07) is 10.0. The summed E-state index contributed by atoms with van der Waals surface area (Å²) >= 11 is 7.57. The van der Waals surface area contributed by atoms with Crippen LogP contribution in [-0.2, 0) is 4.79 Å². The molecule has 0 spiro atoms. The second-order valence-electron chi connectivity index (χ2n) is 4.69. The van der Waals surface area contributed by atoms with Gasteiger partial charge in [-0.25, -0.2) is 0 Å². The van der Waals surface area contributed by atoms with Gasteiger partial charge in [0.15, 0.2) is 0 Å². The fourth-order valence-electron chi connectivity index (χ4n) is 2.43. The van der Waals surface area contributed by atoms with Crippen LogP contribution in [0.15, 0.2) is 41.8 Å². The standard InChI is InChI=1S/C15H13ClN2O2S/c16-11-5-2-1-4-10(11)13-14(19)17-7-8-18(13)15(20)12-6-3-9-21-12/h1-6,9,13H,7-8H2,(H,17,19)/t13-/m0/s1. The van der Waals surface area contributed by atoms with Crippen molar-refractivity contribution in [1.29, 1.82) is 0 Å². The van der Waals surface area contributed by atoms with Gasteiger partial charge in [0.1, 0.15) is 6.04 Å². The topological polar surface area (TPSA) is 49.4 Å². The van der Waals surface area contributed by atoms with Gasteiger partial charge in [-0.3, -0.25) is 9.59 Å². The zero-order valence-electron chi connectivity index (χ0n) is 11.1. The van der Waals surface area contributed by atoms with E-state index in [0.717, 1.165) is 0 Å². The summed E-state index contributed by atoms with van der Waals surface area (Å²) in [4.78, 5) is 27.1. The van der Waals surface area contributed by atoms with Crippen LogP contribution in [0.3, 0.4) is 0 Å². The van der Waals surface area contributed by atoms with Crippen LogP contribution in [0.25, 0.3) is 0 Å². The minimum absolute atomic E-state index is 0.134. The third kappa shape index (κ3) is 2.66. The van der Waals surface area contributed by atoms with Gasteiger partial charge in [0.2, 0.25) is 5.91 Å². The van der Waals surface area contributed by atoms with E-state index < -0.39 is 6.04 Å². The number of rotatable bonds is 2. The molecule has 4 nitrogen and oxygen atoms in total. The molecule has 6 heteroatoms. The predicted octanol–water partition coefficient (Wildman–Crippen LogP) is 2.71. The molecule has 1 N–H and O–H groups in total. The lowest BCUT2D eigenvalue weighted by atomic mass is 10.0. The van der Waals surface area contributed by atoms with Crippen LogP contribution in [0.2, 0.25) is 5.02 Å². The SMILES string of the molecule is O=C1NCCN(C(=O)c2cccs2)[C@H]1c1ccccc1Cl. The lowest BCUT2D eigenvalue weighted by Gasteiger charge is -2.35. The zero-order valence-corrected chi connectivity index (χ0v) is 12.7. The van der Waals surface area contributed by atoms with Gasteiger partial charge in [-0.15, -0.1) is 11.3 Å². The van der Waals surface area contributed by atoms with Gasteiger partial charge in [0.25, 0.3) is 5.91 Å². The van der Waals surface area contributed by atoms with Gasteiger partial charge in [-0.1, -0.05) is 35.9 Å². The first kappa shape index (κ1) is 14.1. The summed E-state index contributed by atoms with van der Waals surface area (Å²) < 4.78 is 0. The van der Waals surface area contributed by atoms with E-state index in [1.807, 2.05) is 17.5 Å². The Morgan fingerprint density at radius 1 is 1.29 bits per heavy atom. The third-order valence-electron chi connectivity index (χ3n) is 3.40. The van der Waals surface area contributed by atoms with Gasteiger partial charge in [0.05, 0.1) is 4.88 Å². The number of thiophene rings is 1. The third-order valence-corrected chi connectivity index (χ3v) is 4.61. The van der Waals surface area contributed by atoms with Crippen LogP contribution < -0.4 is 5.32 Å². The lowest BCUT2D eigenvalue weighted by molar-refractivity contribution is -0.128. The van der Waals surface area contributed by atoms with Crippen LogP contribution in [0.4, 0.5) is 0 Å². The summed E-state index contributed by atoms with van der Waals surface area (Å²) in [5.74, 6) is -0.330. The number of piperazine rings is 1. The average molecular weight is 321 g/mol. The second kappa shape index (κ2) is 5.87. The van der Waals surface area contributed by atoms with Crippen molar-refractivity contribution < 1.29 is 9.59 Å². The fraction of sp³-hybridized carbons (Fsp3) is 0.200. The van der Waals surface area contributed by atoms with Crippen LogP contribution in [0.5, 0.6) is 0 Å². The highest BCUT2D eigenvalue weighted by Gasteiger charge is 2.36. The number of carbonyl (C=O) groups is 2. The number of nitrogens with one attached hydrogen (secondary N) is 1. The zero-order chi connectivity index (χ0) is 14.8. The first-order valence-electron chi connectivity index (χ1n) is 6.55. The summed E-state index contributed by atoms with van der Waals surface area (Å²) in [6.07, 6.45) is 0. The maximum absolute atomic E-state index is 12.6. The molecule has 0 saturated carbocycles. The summed E-state index contributed by atoms with van der Waals surface area (Å²) in [7, 11) is 0. The summed E-state index contributed by atoms with van der Waals surface area (Å²) in [5, 5.41) is 5.14. The number of carbonyl (C=O) groups excluding carboxylic acids is 2. The molecule has 1 aromatic carbocycles. The van der Waals surface area contributed by atoms with Crippen LogP contribution >= 0.6 is 22.9 Å². The molecule has 0 radical (unpaired) electrons. The van der Waals surface area contributed by atoms with Crippen LogP contribution in [-0.4, -0.2) is 29.8 Å². The van der Waals surface area contributed by atoms with Crippen molar-refractivity contribution >= 4 is 34.8 Å². The number of benzene rings is 1. The molecule has 1 saturated heterocycles. The first-order chi connectivity index (χ1) is 10.2. The molecular formula is C15H13ClN2O2S. The Labute approximate surface area is 131 Å². The number of nitrogens with zero attached hydrogens (tertiary/aromatic N) is 1. The Morgan fingerprint density at radius 2 is 2.10 bits per heavy atom. The highest BCUT2D eigenvalue weighted by molar-refractivity contribution is 7.12. The van der Waals surface area contributed by atoms with Crippen molar-refractivity contribution in [3.05, 3.63) is 57.2 Å². The first-order valence-corrected chi connectivity index (χ1v) is 7.81. The number of amides is 2. The van der Waals surface area contributed by atoms with E-state index in [0.29, 0.717) is 28.6 Å². The Kier molecular flexibility index (Phi) is 3.94. The molecule has 0 bridgehead atoms. The van der Waals surface area contributed by atoms with Crippen molar-refractivity contribution in [3.8, 4) is 0 Å². The molecule has 0 aliphatic carbocycles. The Morgan fingerprint density at radius 3 is 2.81 bits per heavy atom. The normalized spacial score (nSPS) is 18.4. The van der Waals surface area contributed by atoms with Gasteiger partial charge in [-0.2, -0.15) is 0 Å². The highest BCUT2D eigenvalue weighted by atomic mass is 35.5. The van der Waals surface area contributed by atoms with Gasteiger partial charge in [-0.05, 0) is 17.5 Å². The molecular weight excluding hydrogens is 308 g/mol. The fourth-order valence-corrected chi connectivity index (χ4v) is 3.35. The molecule has 1 aromatic heterocycles. The smallest absolute Gasteiger partial charge is 0.264 e. The van der Waals surface area contributed by atoms with E-state index in [4.69, 9.17) is 11.6 Å². The van der Waals surface area contributed by atoms with Crippen molar-refractivity contribution in [2.45, 2.75) is 6.04 Å². The quantitative estimate of drug-likeness (QED) is 0.925. The van der Waals surface area contributed by atoms with E-state index in [1.165, 1.54) is 11.3 Å². The number of hydrogen-bond donors (Lipinski definition) is 1. The molecule has 1 aliphatic heterocycles. The highest BCUT2D eigenvalue weighted by Crippen LogP contribution is 2.30. The molecule has 1 atom stereocenters. The molecule has 2 amide bonds. The number of halogens is 1. The van der Waals surface area contributed by atoms with Crippen molar-refractivity contribution in [2.24, 2.45) is 0 Å². The van der Waals surface area contributed by atoms with Crippen LogP contribution in [0.1, 0.15) is 21.3 Å². The van der Waals surface area contributed by atoms with Crippen molar-refractivity contribution in [1.82, 2.24) is 10.2 Å². The van der Waals surface area contributed by atoms with E-state index in [9.17, 15) is 9.59 Å². The Balaban J connectivity index is 1.99. The molecule has 108 valence electrons. The average Bonchev–Trinajstić information content (AvgIpc) is 3.01. The monoisotopic (exact) mass is 320 g/mol. The van der Waals surface area contributed by atoms with Crippen LogP contribution in [0, 0.1) is 0 Å². The molecule has 0 unspecified atom stereocenters. The largest absolute Gasteiger partial charge is 0.352 e. The van der Waals surface area contributed by atoms with Gasteiger partial charge >= 0.3 is 0 Å². The molecule has 2 heterocycles.